The van der Waals surface area contributed by atoms with Crippen LogP contribution in [-0.4, -0.2) is 76.2 Å². The topological polar surface area (TPSA) is 76.2 Å². The molecule has 1 fully saturated rings. The van der Waals surface area contributed by atoms with Crippen LogP contribution in [0.4, 0.5) is 22.0 Å². The molecule has 0 bridgehead atoms. The molecule has 1 heterocycles. The first-order chi connectivity index (χ1) is 14.4. The summed E-state index contributed by atoms with van der Waals surface area (Å²) in [6, 6.07) is 4.03. The molecule has 0 N–H and O–H groups in total. The van der Waals surface area contributed by atoms with Crippen LogP contribution in [0.2, 0.25) is 0 Å². The highest BCUT2D eigenvalue weighted by Gasteiger charge is 2.35. The number of carbonyl (C=O) groups excluding carboxylic acids is 1. The van der Waals surface area contributed by atoms with E-state index in [1.807, 2.05) is 0 Å². The van der Waals surface area contributed by atoms with Crippen LogP contribution in [0.25, 0.3) is 0 Å². The monoisotopic (exact) mass is 474 g/mol. The van der Waals surface area contributed by atoms with Gasteiger partial charge in [-0.3, -0.25) is 4.79 Å². The lowest BCUT2D eigenvalue weighted by Gasteiger charge is -2.33. The van der Waals surface area contributed by atoms with E-state index in [2.05, 4.69) is 4.74 Å². The van der Waals surface area contributed by atoms with Crippen LogP contribution >= 0.6 is 0 Å². The van der Waals surface area contributed by atoms with Crippen molar-refractivity contribution in [1.82, 2.24) is 9.21 Å². The number of nitrogens with zero attached hydrogens (tertiary/aromatic N) is 2. The Labute approximate surface area is 176 Å². The molecule has 1 aromatic rings. The quantitative estimate of drug-likeness (QED) is 0.515. The highest BCUT2D eigenvalue weighted by atomic mass is 32.2. The van der Waals surface area contributed by atoms with Crippen molar-refractivity contribution < 1.29 is 44.6 Å². The normalized spacial score (nSPS) is 16.5. The number of methoxy groups -OCH3 is 1. The number of piperidine rings is 1. The largest absolute Gasteiger partial charge is 0.573 e. The van der Waals surface area contributed by atoms with Crippen molar-refractivity contribution in [3.05, 3.63) is 24.3 Å². The van der Waals surface area contributed by atoms with E-state index in [9.17, 15) is 35.2 Å². The van der Waals surface area contributed by atoms with Crippen molar-refractivity contribution in [2.24, 2.45) is 5.92 Å². The van der Waals surface area contributed by atoms with Crippen molar-refractivity contribution in [1.29, 1.82) is 0 Å². The van der Waals surface area contributed by atoms with Gasteiger partial charge < -0.3 is 14.4 Å². The smallest absolute Gasteiger partial charge is 0.406 e. The number of hydrogen-bond donors (Lipinski definition) is 0. The predicted octanol–water partition coefficient (Wildman–Crippen LogP) is 2.73. The molecule has 0 aromatic heterocycles. The molecular weight excluding hydrogens is 451 g/mol. The van der Waals surface area contributed by atoms with Gasteiger partial charge in [0, 0.05) is 38.7 Å². The Bertz CT molecular complexity index is 842. The summed E-state index contributed by atoms with van der Waals surface area (Å²) in [5.41, 5.74) is 0. The van der Waals surface area contributed by atoms with Gasteiger partial charge in [0.2, 0.25) is 15.9 Å². The fourth-order valence-corrected chi connectivity index (χ4v) is 4.75. The van der Waals surface area contributed by atoms with Gasteiger partial charge in [-0.05, 0) is 25.0 Å². The van der Waals surface area contributed by atoms with E-state index in [-0.39, 0.29) is 44.0 Å². The number of alkyl halides is 5. The minimum Gasteiger partial charge on any atom is -0.406 e. The first kappa shape index (κ1) is 25.3. The van der Waals surface area contributed by atoms with Crippen LogP contribution in [-0.2, 0) is 19.6 Å². The molecule has 0 unspecified atom stereocenters. The van der Waals surface area contributed by atoms with Gasteiger partial charge in [0.1, 0.15) is 5.75 Å². The maximum Gasteiger partial charge on any atom is 0.573 e. The lowest BCUT2D eigenvalue weighted by molar-refractivity contribution is -0.274. The number of carbonyl (C=O) groups is 1. The van der Waals surface area contributed by atoms with Crippen molar-refractivity contribution in [2.45, 2.75) is 30.5 Å². The first-order valence-electron chi connectivity index (χ1n) is 9.36. The summed E-state index contributed by atoms with van der Waals surface area (Å²) in [6.45, 7) is -0.815. The number of halogens is 5. The summed E-state index contributed by atoms with van der Waals surface area (Å²) in [5, 5.41) is 0. The summed E-state index contributed by atoms with van der Waals surface area (Å²) in [7, 11) is -2.74. The number of ether oxygens (including phenoxy) is 2. The zero-order chi connectivity index (χ0) is 23.2. The van der Waals surface area contributed by atoms with Crippen LogP contribution < -0.4 is 4.74 Å². The van der Waals surface area contributed by atoms with Gasteiger partial charge in [0.25, 0.3) is 6.43 Å². The van der Waals surface area contributed by atoms with E-state index >= 15 is 0 Å². The zero-order valence-corrected chi connectivity index (χ0v) is 17.5. The molecule has 7 nitrogen and oxygen atoms in total. The first-order valence-corrected chi connectivity index (χ1v) is 10.8. The molecule has 0 atom stereocenters. The lowest BCUT2D eigenvalue weighted by atomic mass is 9.96. The molecule has 1 amide bonds. The number of hydrogen-bond acceptors (Lipinski definition) is 5. The molecule has 0 aliphatic carbocycles. The van der Waals surface area contributed by atoms with Crippen molar-refractivity contribution in [3.63, 3.8) is 0 Å². The van der Waals surface area contributed by atoms with Crippen LogP contribution in [0, 0.1) is 5.92 Å². The Balaban J connectivity index is 2.05. The SMILES string of the molecule is COCCN(CC(F)F)C(=O)C1CCN(S(=O)(=O)c2cccc(OC(F)(F)F)c2)CC1. The van der Waals surface area contributed by atoms with Gasteiger partial charge in [0.15, 0.2) is 0 Å². The van der Waals surface area contributed by atoms with E-state index in [1.165, 1.54) is 7.11 Å². The van der Waals surface area contributed by atoms with Crippen LogP contribution in [0.5, 0.6) is 5.75 Å². The highest BCUT2D eigenvalue weighted by Crippen LogP contribution is 2.29. The molecular formula is C18H23F5N2O5S. The molecule has 0 radical (unpaired) electrons. The Morgan fingerprint density at radius 3 is 2.45 bits per heavy atom. The fraction of sp³-hybridized carbons (Fsp3) is 0.611. The Morgan fingerprint density at radius 1 is 1.26 bits per heavy atom. The van der Waals surface area contributed by atoms with E-state index in [0.29, 0.717) is 0 Å². The highest BCUT2D eigenvalue weighted by molar-refractivity contribution is 7.89. The van der Waals surface area contributed by atoms with Gasteiger partial charge in [-0.15, -0.1) is 13.2 Å². The lowest BCUT2D eigenvalue weighted by Crippen LogP contribution is -2.46. The predicted molar refractivity (Wildman–Crippen MR) is 99.1 cm³/mol. The molecule has 1 aliphatic rings. The summed E-state index contributed by atoms with van der Waals surface area (Å²) < 4.78 is 97.9. The Hall–Kier alpha value is -1.99. The molecule has 0 spiro atoms. The minimum atomic E-state index is -4.96. The van der Waals surface area contributed by atoms with E-state index < -0.39 is 46.9 Å². The maximum atomic E-state index is 12.8. The molecule has 13 heteroatoms. The number of sulfonamides is 1. The van der Waals surface area contributed by atoms with Gasteiger partial charge >= 0.3 is 6.36 Å². The van der Waals surface area contributed by atoms with Crippen LogP contribution in [0.3, 0.4) is 0 Å². The van der Waals surface area contributed by atoms with E-state index in [0.717, 1.165) is 33.5 Å². The third-order valence-electron chi connectivity index (χ3n) is 4.72. The zero-order valence-electron chi connectivity index (χ0n) is 16.6. The van der Waals surface area contributed by atoms with Crippen molar-refractivity contribution in [3.8, 4) is 5.75 Å². The van der Waals surface area contributed by atoms with Gasteiger partial charge in [-0.1, -0.05) is 6.07 Å². The van der Waals surface area contributed by atoms with Crippen molar-refractivity contribution >= 4 is 15.9 Å². The minimum absolute atomic E-state index is 0.00974. The average Bonchev–Trinajstić information content (AvgIpc) is 2.69. The molecule has 1 aromatic carbocycles. The molecule has 1 saturated heterocycles. The molecule has 1 aliphatic heterocycles. The molecule has 176 valence electrons. The van der Waals surface area contributed by atoms with E-state index in [1.54, 1.807) is 0 Å². The second-order valence-corrected chi connectivity index (χ2v) is 8.81. The Kier molecular flexibility index (Phi) is 8.60. The summed E-state index contributed by atoms with van der Waals surface area (Å²) in [5.74, 6) is -1.81. The van der Waals surface area contributed by atoms with Crippen LogP contribution in [0.1, 0.15) is 12.8 Å². The van der Waals surface area contributed by atoms with Gasteiger partial charge in [-0.25, -0.2) is 17.2 Å². The molecule has 31 heavy (non-hydrogen) atoms. The van der Waals surface area contributed by atoms with E-state index in [4.69, 9.17) is 4.74 Å². The summed E-state index contributed by atoms with van der Waals surface area (Å²) in [4.78, 5) is 13.2. The van der Waals surface area contributed by atoms with Crippen LogP contribution in [0.15, 0.2) is 29.2 Å². The molecule has 0 saturated carbocycles. The second-order valence-electron chi connectivity index (χ2n) is 6.87. The van der Waals surface area contributed by atoms with Gasteiger partial charge in [-0.2, -0.15) is 4.31 Å². The summed E-state index contributed by atoms with van der Waals surface area (Å²) in [6.07, 6.45) is -7.48. The fourth-order valence-electron chi connectivity index (χ4n) is 3.24. The van der Waals surface area contributed by atoms with Gasteiger partial charge in [0.05, 0.1) is 18.0 Å². The van der Waals surface area contributed by atoms with Crippen molar-refractivity contribution in [2.75, 3.05) is 39.9 Å². The standard InChI is InChI=1S/C18H23F5N2O5S/c1-29-10-9-24(12-16(19)20)17(26)13-5-7-25(8-6-13)31(27,28)15-4-2-3-14(11-15)30-18(21,22)23/h2-4,11,13,16H,5-10,12H2,1H3. The number of amides is 1. The number of rotatable bonds is 9. The number of benzene rings is 1. The Morgan fingerprint density at radius 2 is 1.90 bits per heavy atom. The third kappa shape index (κ3) is 7.28. The summed E-state index contributed by atoms with van der Waals surface area (Å²) >= 11 is 0. The maximum absolute atomic E-state index is 12.8. The average molecular weight is 474 g/mol. The third-order valence-corrected chi connectivity index (χ3v) is 6.61. The molecule has 2 rings (SSSR count). The second kappa shape index (κ2) is 10.6.